The van der Waals surface area contributed by atoms with Crippen LogP contribution in [0.2, 0.25) is 0 Å². The molecule has 0 atom stereocenters. The highest BCUT2D eigenvalue weighted by Gasteiger charge is 2.06. The third-order valence-corrected chi connectivity index (χ3v) is 3.51. The summed E-state index contributed by atoms with van der Waals surface area (Å²) in [5.41, 5.74) is 1.88. The standard InChI is InChI=1S/C18H22N2O4/c1-23-16-7-6-14(11-17(16)24-2)12-20-18(22)19-9-8-13-4-3-5-15(21)10-13/h3-7,10-11,21H,8-9,12H2,1-2H3,(H2,19,20,22). The predicted molar refractivity (Wildman–Crippen MR) is 91.6 cm³/mol. The predicted octanol–water partition coefficient (Wildman–Crippen LogP) is 2.45. The first kappa shape index (κ1) is 17.5. The van der Waals surface area contributed by atoms with Gasteiger partial charge in [-0.3, -0.25) is 0 Å². The fraction of sp³-hybridized carbons (Fsp3) is 0.278. The molecule has 128 valence electrons. The number of aromatic hydroxyl groups is 1. The highest BCUT2D eigenvalue weighted by molar-refractivity contribution is 5.73. The Morgan fingerprint density at radius 1 is 1.00 bits per heavy atom. The summed E-state index contributed by atoms with van der Waals surface area (Å²) in [5, 5.41) is 15.0. The van der Waals surface area contributed by atoms with Crippen LogP contribution in [0.25, 0.3) is 0 Å². The van der Waals surface area contributed by atoms with Crippen molar-refractivity contribution >= 4 is 6.03 Å². The average molecular weight is 330 g/mol. The van der Waals surface area contributed by atoms with Crippen LogP contribution in [0.4, 0.5) is 4.79 Å². The number of carbonyl (C=O) groups excluding carboxylic acids is 1. The molecule has 2 aromatic rings. The van der Waals surface area contributed by atoms with Gasteiger partial charge in [0.1, 0.15) is 5.75 Å². The second kappa shape index (κ2) is 8.67. The van der Waals surface area contributed by atoms with Gasteiger partial charge in [0, 0.05) is 13.1 Å². The van der Waals surface area contributed by atoms with E-state index in [-0.39, 0.29) is 11.8 Å². The maximum absolute atomic E-state index is 11.8. The third-order valence-electron chi connectivity index (χ3n) is 3.51. The molecule has 0 heterocycles. The SMILES string of the molecule is COc1ccc(CNC(=O)NCCc2cccc(O)c2)cc1OC. The lowest BCUT2D eigenvalue weighted by molar-refractivity contribution is 0.240. The fourth-order valence-electron chi connectivity index (χ4n) is 2.27. The molecule has 0 bridgehead atoms. The summed E-state index contributed by atoms with van der Waals surface area (Å²) in [4.78, 5) is 11.8. The summed E-state index contributed by atoms with van der Waals surface area (Å²) >= 11 is 0. The summed E-state index contributed by atoms with van der Waals surface area (Å²) in [6, 6.07) is 12.2. The minimum atomic E-state index is -0.245. The van der Waals surface area contributed by atoms with Crippen LogP contribution in [0, 0.1) is 0 Å². The van der Waals surface area contributed by atoms with Gasteiger partial charge in [0.05, 0.1) is 14.2 Å². The first-order chi connectivity index (χ1) is 11.6. The van der Waals surface area contributed by atoms with Gasteiger partial charge in [-0.2, -0.15) is 0 Å². The van der Waals surface area contributed by atoms with E-state index >= 15 is 0 Å². The first-order valence-corrected chi connectivity index (χ1v) is 7.63. The molecule has 6 nitrogen and oxygen atoms in total. The molecule has 0 aliphatic heterocycles. The van der Waals surface area contributed by atoms with Crippen LogP contribution < -0.4 is 20.1 Å². The number of hydrogen-bond acceptors (Lipinski definition) is 4. The van der Waals surface area contributed by atoms with Crippen molar-refractivity contribution < 1.29 is 19.4 Å². The smallest absolute Gasteiger partial charge is 0.315 e. The largest absolute Gasteiger partial charge is 0.508 e. The number of ether oxygens (including phenoxy) is 2. The normalized spacial score (nSPS) is 10.1. The van der Waals surface area contributed by atoms with Gasteiger partial charge in [0.25, 0.3) is 0 Å². The van der Waals surface area contributed by atoms with E-state index in [1.165, 1.54) is 0 Å². The van der Waals surface area contributed by atoms with Gasteiger partial charge in [-0.05, 0) is 41.8 Å². The summed E-state index contributed by atoms with van der Waals surface area (Å²) in [7, 11) is 3.15. The van der Waals surface area contributed by atoms with Crippen molar-refractivity contribution in [2.75, 3.05) is 20.8 Å². The number of urea groups is 1. The highest BCUT2D eigenvalue weighted by atomic mass is 16.5. The number of phenols is 1. The minimum absolute atomic E-state index is 0.227. The number of nitrogens with one attached hydrogen (secondary N) is 2. The van der Waals surface area contributed by atoms with Crippen molar-refractivity contribution in [3.8, 4) is 17.2 Å². The Hall–Kier alpha value is -2.89. The van der Waals surface area contributed by atoms with E-state index < -0.39 is 0 Å². The number of phenolic OH excluding ortho intramolecular Hbond substituents is 1. The van der Waals surface area contributed by atoms with Gasteiger partial charge in [0.2, 0.25) is 0 Å². The van der Waals surface area contributed by atoms with Gasteiger partial charge in [-0.15, -0.1) is 0 Å². The monoisotopic (exact) mass is 330 g/mol. The molecule has 2 amide bonds. The molecule has 2 aromatic carbocycles. The molecule has 0 aliphatic rings. The van der Waals surface area contributed by atoms with Gasteiger partial charge in [-0.25, -0.2) is 4.79 Å². The van der Waals surface area contributed by atoms with Gasteiger partial charge in [0.15, 0.2) is 11.5 Å². The van der Waals surface area contributed by atoms with Crippen LogP contribution >= 0.6 is 0 Å². The van der Waals surface area contributed by atoms with E-state index in [0.29, 0.717) is 31.0 Å². The second-order valence-electron chi connectivity index (χ2n) is 5.22. The molecule has 24 heavy (non-hydrogen) atoms. The van der Waals surface area contributed by atoms with Gasteiger partial charge >= 0.3 is 6.03 Å². The van der Waals surface area contributed by atoms with E-state index in [2.05, 4.69) is 10.6 Å². The lowest BCUT2D eigenvalue weighted by Gasteiger charge is -2.11. The van der Waals surface area contributed by atoms with E-state index in [1.807, 2.05) is 18.2 Å². The van der Waals surface area contributed by atoms with E-state index in [9.17, 15) is 9.90 Å². The zero-order chi connectivity index (χ0) is 17.4. The minimum Gasteiger partial charge on any atom is -0.508 e. The Morgan fingerprint density at radius 2 is 1.79 bits per heavy atom. The molecule has 0 saturated heterocycles. The average Bonchev–Trinajstić information content (AvgIpc) is 2.59. The first-order valence-electron chi connectivity index (χ1n) is 7.63. The zero-order valence-corrected chi connectivity index (χ0v) is 13.8. The van der Waals surface area contributed by atoms with E-state index in [4.69, 9.17) is 9.47 Å². The maximum Gasteiger partial charge on any atom is 0.315 e. The Morgan fingerprint density at radius 3 is 2.50 bits per heavy atom. The molecule has 0 aliphatic carbocycles. The summed E-state index contributed by atoms with van der Waals surface area (Å²) in [5.74, 6) is 1.50. The lowest BCUT2D eigenvalue weighted by atomic mass is 10.1. The highest BCUT2D eigenvalue weighted by Crippen LogP contribution is 2.27. The van der Waals surface area contributed by atoms with Crippen molar-refractivity contribution in [1.29, 1.82) is 0 Å². The molecule has 0 saturated carbocycles. The molecular formula is C18H22N2O4. The second-order valence-corrected chi connectivity index (χ2v) is 5.22. The maximum atomic E-state index is 11.8. The number of methoxy groups -OCH3 is 2. The van der Waals surface area contributed by atoms with Crippen molar-refractivity contribution in [3.63, 3.8) is 0 Å². The van der Waals surface area contributed by atoms with Crippen molar-refractivity contribution in [2.45, 2.75) is 13.0 Å². The number of amides is 2. The van der Waals surface area contributed by atoms with Crippen LogP contribution in [0.1, 0.15) is 11.1 Å². The molecule has 0 spiro atoms. The zero-order valence-electron chi connectivity index (χ0n) is 13.8. The Bertz CT molecular complexity index is 688. The molecule has 3 N–H and O–H groups in total. The van der Waals surface area contributed by atoms with Crippen LogP contribution in [-0.2, 0) is 13.0 Å². The molecule has 0 aromatic heterocycles. The van der Waals surface area contributed by atoms with Crippen molar-refractivity contribution in [1.82, 2.24) is 10.6 Å². The third kappa shape index (κ3) is 5.08. The molecule has 6 heteroatoms. The summed E-state index contributed by atoms with van der Waals surface area (Å²) in [6.07, 6.45) is 0.651. The number of rotatable bonds is 7. The molecule has 2 rings (SSSR count). The van der Waals surface area contributed by atoms with E-state index in [1.54, 1.807) is 38.5 Å². The topological polar surface area (TPSA) is 79.8 Å². The Kier molecular flexibility index (Phi) is 6.31. The molecule has 0 fully saturated rings. The Labute approximate surface area is 141 Å². The van der Waals surface area contributed by atoms with Crippen LogP contribution in [0.15, 0.2) is 42.5 Å². The van der Waals surface area contributed by atoms with Crippen LogP contribution in [0.5, 0.6) is 17.2 Å². The molecular weight excluding hydrogens is 308 g/mol. The molecule has 0 radical (unpaired) electrons. The van der Waals surface area contributed by atoms with Crippen molar-refractivity contribution in [3.05, 3.63) is 53.6 Å². The Balaban J connectivity index is 1.77. The van der Waals surface area contributed by atoms with Crippen molar-refractivity contribution in [2.24, 2.45) is 0 Å². The summed E-state index contributed by atoms with van der Waals surface area (Å²) in [6.45, 7) is 0.875. The quantitative estimate of drug-likeness (QED) is 0.728. The number of carbonyl (C=O) groups is 1. The van der Waals surface area contributed by atoms with Crippen LogP contribution in [-0.4, -0.2) is 31.9 Å². The number of benzene rings is 2. The molecule has 0 unspecified atom stereocenters. The van der Waals surface area contributed by atoms with E-state index in [0.717, 1.165) is 11.1 Å². The number of hydrogen-bond donors (Lipinski definition) is 3. The summed E-state index contributed by atoms with van der Waals surface area (Å²) < 4.78 is 10.4. The fourth-order valence-corrected chi connectivity index (χ4v) is 2.27. The van der Waals surface area contributed by atoms with Gasteiger partial charge in [-0.1, -0.05) is 18.2 Å². The van der Waals surface area contributed by atoms with Gasteiger partial charge < -0.3 is 25.2 Å². The lowest BCUT2D eigenvalue weighted by Crippen LogP contribution is -2.36. The van der Waals surface area contributed by atoms with Crippen LogP contribution in [0.3, 0.4) is 0 Å².